The van der Waals surface area contributed by atoms with Gasteiger partial charge in [0.05, 0.1) is 0 Å². The standard InChI is InChI=1S/C9H19NS/c1-4-8(10)7-11-9(5-2)6-3/h7,9H,4-6,10H2,1-3H3/b8-7-. The largest absolute Gasteiger partial charge is 0.402 e. The molecule has 0 amide bonds. The minimum atomic E-state index is 0.750. The van der Waals surface area contributed by atoms with E-state index in [0.29, 0.717) is 0 Å². The molecule has 1 nitrogen and oxygen atoms in total. The maximum atomic E-state index is 5.67. The number of nitrogens with two attached hydrogens (primary N) is 1. The predicted octanol–water partition coefficient (Wildman–Crippen LogP) is 3.12. The van der Waals surface area contributed by atoms with E-state index in [0.717, 1.165) is 17.4 Å². The molecular weight excluding hydrogens is 154 g/mol. The van der Waals surface area contributed by atoms with Gasteiger partial charge in [0, 0.05) is 10.9 Å². The molecular formula is C9H19NS. The Balaban J connectivity index is 3.65. The highest BCUT2D eigenvalue weighted by atomic mass is 32.2. The number of thioether (sulfide) groups is 1. The Morgan fingerprint density at radius 3 is 2.27 bits per heavy atom. The van der Waals surface area contributed by atoms with Crippen LogP contribution < -0.4 is 5.73 Å². The molecule has 0 radical (unpaired) electrons. The van der Waals surface area contributed by atoms with Crippen molar-refractivity contribution in [1.82, 2.24) is 0 Å². The summed E-state index contributed by atoms with van der Waals surface area (Å²) >= 11 is 1.87. The molecule has 0 aromatic carbocycles. The smallest absolute Gasteiger partial charge is 0.0142 e. The van der Waals surface area contributed by atoms with Gasteiger partial charge in [-0.25, -0.2) is 0 Å². The van der Waals surface area contributed by atoms with Gasteiger partial charge in [0.15, 0.2) is 0 Å². The zero-order chi connectivity index (χ0) is 8.69. The molecule has 0 atom stereocenters. The Morgan fingerprint density at radius 2 is 1.91 bits per heavy atom. The fourth-order valence-electron chi connectivity index (χ4n) is 0.748. The molecule has 0 aliphatic heterocycles. The van der Waals surface area contributed by atoms with E-state index in [1.807, 2.05) is 11.8 Å². The SMILES string of the molecule is CC/C(N)=C/SC(CC)CC. The first-order valence-corrected chi connectivity index (χ1v) is 5.28. The van der Waals surface area contributed by atoms with Gasteiger partial charge in [0.25, 0.3) is 0 Å². The summed E-state index contributed by atoms with van der Waals surface area (Å²) < 4.78 is 0. The van der Waals surface area contributed by atoms with Gasteiger partial charge in [-0.3, -0.25) is 0 Å². The predicted molar refractivity (Wildman–Crippen MR) is 54.5 cm³/mol. The second kappa shape index (κ2) is 6.59. The first-order valence-electron chi connectivity index (χ1n) is 4.34. The number of allylic oxidation sites excluding steroid dienone is 1. The molecule has 11 heavy (non-hydrogen) atoms. The van der Waals surface area contributed by atoms with Crippen molar-refractivity contribution in [2.24, 2.45) is 5.73 Å². The van der Waals surface area contributed by atoms with E-state index in [-0.39, 0.29) is 0 Å². The highest BCUT2D eigenvalue weighted by Crippen LogP contribution is 2.19. The van der Waals surface area contributed by atoms with E-state index < -0.39 is 0 Å². The van der Waals surface area contributed by atoms with Crippen LogP contribution in [0.25, 0.3) is 0 Å². The minimum absolute atomic E-state index is 0.750. The van der Waals surface area contributed by atoms with Gasteiger partial charge in [-0.2, -0.15) is 0 Å². The Kier molecular flexibility index (Phi) is 6.52. The molecule has 0 heterocycles. The quantitative estimate of drug-likeness (QED) is 0.691. The first-order chi connectivity index (χ1) is 5.24. The zero-order valence-electron chi connectivity index (χ0n) is 7.76. The lowest BCUT2D eigenvalue weighted by atomic mass is 10.3. The first kappa shape index (κ1) is 10.9. The highest BCUT2D eigenvalue weighted by Gasteiger charge is 2.00. The maximum Gasteiger partial charge on any atom is 0.0142 e. The summed E-state index contributed by atoms with van der Waals surface area (Å²) in [6, 6.07) is 0. The van der Waals surface area contributed by atoms with Gasteiger partial charge < -0.3 is 5.73 Å². The average Bonchev–Trinajstić information content (AvgIpc) is 2.06. The van der Waals surface area contributed by atoms with Crippen molar-refractivity contribution >= 4 is 11.8 Å². The molecule has 0 rings (SSSR count). The molecule has 0 aromatic heterocycles. The summed E-state index contributed by atoms with van der Waals surface area (Å²) in [5, 5.41) is 2.84. The van der Waals surface area contributed by atoms with E-state index >= 15 is 0 Å². The van der Waals surface area contributed by atoms with Crippen molar-refractivity contribution in [2.45, 2.75) is 45.3 Å². The summed E-state index contributed by atoms with van der Waals surface area (Å²) in [6.45, 7) is 6.52. The van der Waals surface area contributed by atoms with Gasteiger partial charge in [-0.15, -0.1) is 11.8 Å². The molecule has 2 heteroatoms. The topological polar surface area (TPSA) is 26.0 Å². The van der Waals surface area contributed by atoms with Gasteiger partial charge in [0.2, 0.25) is 0 Å². The molecule has 0 aromatic rings. The molecule has 0 saturated carbocycles. The minimum Gasteiger partial charge on any atom is -0.402 e. The summed E-state index contributed by atoms with van der Waals surface area (Å²) in [7, 11) is 0. The van der Waals surface area contributed by atoms with Crippen LogP contribution >= 0.6 is 11.8 Å². The van der Waals surface area contributed by atoms with Crippen LogP contribution in [0, 0.1) is 0 Å². The summed E-state index contributed by atoms with van der Waals surface area (Å²) in [4.78, 5) is 0. The zero-order valence-corrected chi connectivity index (χ0v) is 8.58. The van der Waals surface area contributed by atoms with Crippen molar-refractivity contribution in [3.63, 3.8) is 0 Å². The second-order valence-electron chi connectivity index (χ2n) is 2.62. The average molecular weight is 173 g/mol. The molecule has 0 spiro atoms. The van der Waals surface area contributed by atoms with Crippen molar-refractivity contribution < 1.29 is 0 Å². The fraction of sp³-hybridized carbons (Fsp3) is 0.778. The normalized spacial score (nSPS) is 12.5. The van der Waals surface area contributed by atoms with E-state index in [1.54, 1.807) is 0 Å². The number of hydrogen-bond acceptors (Lipinski definition) is 2. The van der Waals surface area contributed by atoms with Crippen LogP contribution in [0.15, 0.2) is 11.1 Å². The third-order valence-corrected chi connectivity index (χ3v) is 3.22. The van der Waals surface area contributed by atoms with E-state index in [1.165, 1.54) is 12.8 Å². The van der Waals surface area contributed by atoms with E-state index in [2.05, 4.69) is 26.2 Å². The van der Waals surface area contributed by atoms with E-state index in [9.17, 15) is 0 Å². The van der Waals surface area contributed by atoms with Crippen LogP contribution in [0.4, 0.5) is 0 Å². The molecule has 0 aliphatic rings. The fourth-order valence-corrected chi connectivity index (χ4v) is 1.67. The summed E-state index contributed by atoms with van der Waals surface area (Å²) in [5.74, 6) is 0. The summed E-state index contributed by atoms with van der Waals surface area (Å²) in [5.41, 5.74) is 6.67. The maximum absolute atomic E-state index is 5.67. The van der Waals surface area contributed by atoms with Crippen LogP contribution in [0.3, 0.4) is 0 Å². The molecule has 0 saturated heterocycles. The highest BCUT2D eigenvalue weighted by molar-refractivity contribution is 8.02. The molecule has 0 unspecified atom stereocenters. The van der Waals surface area contributed by atoms with Crippen molar-refractivity contribution in [2.75, 3.05) is 0 Å². The van der Waals surface area contributed by atoms with E-state index in [4.69, 9.17) is 5.73 Å². The lowest BCUT2D eigenvalue weighted by molar-refractivity contribution is 0.795. The van der Waals surface area contributed by atoms with Crippen LogP contribution in [0.1, 0.15) is 40.0 Å². The monoisotopic (exact) mass is 173 g/mol. The Labute approximate surface area is 74.4 Å². The van der Waals surface area contributed by atoms with Gasteiger partial charge >= 0.3 is 0 Å². The molecule has 0 aliphatic carbocycles. The Hall–Kier alpha value is -0.110. The van der Waals surface area contributed by atoms with Crippen LogP contribution in [-0.2, 0) is 0 Å². The van der Waals surface area contributed by atoms with Crippen LogP contribution in [-0.4, -0.2) is 5.25 Å². The lowest BCUT2D eigenvalue weighted by Crippen LogP contribution is -1.98. The van der Waals surface area contributed by atoms with Gasteiger partial charge in [-0.1, -0.05) is 20.8 Å². The van der Waals surface area contributed by atoms with Crippen molar-refractivity contribution in [3.8, 4) is 0 Å². The molecule has 2 N–H and O–H groups in total. The molecule has 0 fully saturated rings. The van der Waals surface area contributed by atoms with Gasteiger partial charge in [0.1, 0.15) is 0 Å². The number of hydrogen-bond donors (Lipinski definition) is 1. The van der Waals surface area contributed by atoms with Crippen LogP contribution in [0.5, 0.6) is 0 Å². The Bertz CT molecular complexity index is 117. The van der Waals surface area contributed by atoms with Gasteiger partial charge in [-0.05, 0) is 24.7 Å². The van der Waals surface area contributed by atoms with Crippen molar-refractivity contribution in [1.29, 1.82) is 0 Å². The second-order valence-corrected chi connectivity index (χ2v) is 3.80. The van der Waals surface area contributed by atoms with Crippen molar-refractivity contribution in [3.05, 3.63) is 11.1 Å². The number of rotatable bonds is 5. The summed E-state index contributed by atoms with van der Waals surface area (Å²) in [6.07, 6.45) is 3.43. The Morgan fingerprint density at radius 1 is 1.36 bits per heavy atom. The third-order valence-electron chi connectivity index (χ3n) is 1.73. The van der Waals surface area contributed by atoms with Crippen LogP contribution in [0.2, 0.25) is 0 Å². The lowest BCUT2D eigenvalue weighted by Gasteiger charge is -2.08. The molecule has 0 bridgehead atoms. The molecule has 66 valence electrons. The third kappa shape index (κ3) is 5.19.